The van der Waals surface area contributed by atoms with Gasteiger partial charge >= 0.3 is 0 Å². The molecule has 32 heavy (non-hydrogen) atoms. The zero-order valence-corrected chi connectivity index (χ0v) is 18.0. The maximum Gasteiger partial charge on any atom is 0.269 e. The Balaban J connectivity index is 1.49. The van der Waals surface area contributed by atoms with Crippen LogP contribution in [0.15, 0.2) is 95.2 Å². The number of carbonyl (C=O) groups is 1. The number of amides is 1. The Morgan fingerprint density at radius 1 is 0.969 bits per heavy atom. The van der Waals surface area contributed by atoms with Gasteiger partial charge in [-0.05, 0) is 30.0 Å². The van der Waals surface area contributed by atoms with Crippen LogP contribution in [-0.4, -0.2) is 15.6 Å². The van der Waals surface area contributed by atoms with Gasteiger partial charge in [-0.2, -0.15) is 0 Å². The van der Waals surface area contributed by atoms with Gasteiger partial charge in [-0.25, -0.2) is 0 Å². The summed E-state index contributed by atoms with van der Waals surface area (Å²) in [6.07, 6.45) is 1.57. The fourth-order valence-electron chi connectivity index (χ4n) is 4.83. The monoisotopic (exact) mass is 423 g/mol. The molecule has 160 valence electrons. The molecule has 1 aliphatic carbocycles. The van der Waals surface area contributed by atoms with Gasteiger partial charge in [0.05, 0.1) is 11.4 Å². The lowest BCUT2D eigenvalue weighted by molar-refractivity contribution is -0.119. The van der Waals surface area contributed by atoms with E-state index in [1.165, 1.54) is 0 Å². The highest BCUT2D eigenvalue weighted by Gasteiger charge is 2.60. The van der Waals surface area contributed by atoms with Gasteiger partial charge in [0.1, 0.15) is 0 Å². The molecule has 0 spiro atoms. The van der Waals surface area contributed by atoms with Crippen molar-refractivity contribution >= 4 is 22.5 Å². The van der Waals surface area contributed by atoms with Gasteiger partial charge in [-0.3, -0.25) is 4.79 Å². The SMILES string of the molecule is CCCn1c(O)c(N=NC(=O)C2CC2(c2ccccc2)c2ccccc2)c2ccccc21. The number of benzene rings is 3. The minimum Gasteiger partial charge on any atom is -0.493 e. The van der Waals surface area contributed by atoms with E-state index >= 15 is 0 Å². The lowest BCUT2D eigenvalue weighted by Gasteiger charge is -2.17. The van der Waals surface area contributed by atoms with Crippen LogP contribution in [0.5, 0.6) is 5.88 Å². The molecule has 1 aromatic heterocycles. The number of aromatic nitrogens is 1. The number of hydrogen-bond acceptors (Lipinski definition) is 3. The average Bonchev–Trinajstić information content (AvgIpc) is 3.55. The third kappa shape index (κ3) is 3.21. The van der Waals surface area contributed by atoms with Gasteiger partial charge in [-0.1, -0.05) is 85.8 Å². The second-order valence-corrected chi connectivity index (χ2v) is 8.34. The topological polar surface area (TPSA) is 66.9 Å². The number of carbonyl (C=O) groups excluding carboxylic acids is 1. The van der Waals surface area contributed by atoms with Crippen molar-refractivity contribution in [2.75, 3.05) is 0 Å². The van der Waals surface area contributed by atoms with Crippen LogP contribution in [0.2, 0.25) is 0 Å². The largest absolute Gasteiger partial charge is 0.493 e. The molecule has 0 bridgehead atoms. The molecule has 5 nitrogen and oxygen atoms in total. The summed E-state index contributed by atoms with van der Waals surface area (Å²) in [5, 5.41) is 19.9. The molecular weight excluding hydrogens is 398 g/mol. The van der Waals surface area contributed by atoms with Gasteiger partial charge in [0, 0.05) is 17.3 Å². The predicted octanol–water partition coefficient (Wildman–Crippen LogP) is 6.37. The number of hydrogen-bond donors (Lipinski definition) is 1. The summed E-state index contributed by atoms with van der Waals surface area (Å²) in [6.45, 7) is 2.72. The maximum absolute atomic E-state index is 13.2. The quantitative estimate of drug-likeness (QED) is 0.366. The van der Waals surface area contributed by atoms with Gasteiger partial charge in [0.25, 0.3) is 5.91 Å². The fourth-order valence-corrected chi connectivity index (χ4v) is 4.83. The lowest BCUT2D eigenvalue weighted by Crippen LogP contribution is -2.16. The van der Waals surface area contributed by atoms with E-state index in [1.807, 2.05) is 65.2 Å². The summed E-state index contributed by atoms with van der Waals surface area (Å²) in [6, 6.07) is 27.9. The predicted molar refractivity (Wildman–Crippen MR) is 125 cm³/mol. The molecular formula is C27H25N3O2. The summed E-state index contributed by atoms with van der Waals surface area (Å²) < 4.78 is 1.82. The van der Waals surface area contributed by atoms with Crippen molar-refractivity contribution in [2.45, 2.75) is 31.7 Å². The van der Waals surface area contributed by atoms with Crippen LogP contribution in [0.25, 0.3) is 10.9 Å². The molecule has 1 atom stereocenters. The van der Waals surface area contributed by atoms with Crippen molar-refractivity contribution in [2.24, 2.45) is 16.1 Å². The Morgan fingerprint density at radius 3 is 2.19 bits per heavy atom. The van der Waals surface area contributed by atoms with Crippen molar-refractivity contribution in [1.29, 1.82) is 0 Å². The van der Waals surface area contributed by atoms with E-state index in [4.69, 9.17) is 0 Å². The maximum atomic E-state index is 13.2. The first kappa shape index (κ1) is 20.2. The highest BCUT2D eigenvalue weighted by molar-refractivity contribution is 5.95. The van der Waals surface area contributed by atoms with Crippen molar-refractivity contribution in [3.8, 4) is 5.88 Å². The molecule has 1 saturated carbocycles. The van der Waals surface area contributed by atoms with Crippen LogP contribution >= 0.6 is 0 Å². The number of aryl methyl sites for hydroxylation is 1. The summed E-state index contributed by atoms with van der Waals surface area (Å²) in [5.74, 6) is -0.482. The van der Waals surface area contributed by atoms with E-state index in [-0.39, 0.29) is 23.1 Å². The smallest absolute Gasteiger partial charge is 0.269 e. The summed E-state index contributed by atoms with van der Waals surface area (Å²) >= 11 is 0. The average molecular weight is 424 g/mol. The van der Waals surface area contributed by atoms with E-state index in [0.29, 0.717) is 18.7 Å². The van der Waals surface area contributed by atoms with Crippen molar-refractivity contribution < 1.29 is 9.90 Å². The van der Waals surface area contributed by atoms with Crippen LogP contribution < -0.4 is 0 Å². The summed E-state index contributed by atoms with van der Waals surface area (Å²) in [7, 11) is 0. The molecule has 1 fully saturated rings. The number of para-hydroxylation sites is 1. The first-order chi connectivity index (χ1) is 15.7. The molecule has 5 rings (SSSR count). The molecule has 4 aromatic rings. The summed E-state index contributed by atoms with van der Waals surface area (Å²) in [4.78, 5) is 13.2. The van der Waals surface area contributed by atoms with E-state index in [0.717, 1.165) is 28.5 Å². The highest BCUT2D eigenvalue weighted by Crippen LogP contribution is 2.59. The molecule has 0 radical (unpaired) electrons. The van der Waals surface area contributed by atoms with Gasteiger partial charge < -0.3 is 9.67 Å². The zero-order chi connectivity index (χ0) is 22.1. The lowest BCUT2D eigenvalue weighted by atomic mass is 9.85. The first-order valence-electron chi connectivity index (χ1n) is 11.0. The standard InChI is InChI=1S/C27H25N3O2/c1-2-17-30-23-16-10-9-15-21(23)24(26(30)32)28-29-25(31)22-18-27(22,19-11-5-3-6-12-19)20-13-7-4-8-14-20/h3-16,22,32H,2,17-18H2,1H3. The molecule has 1 amide bonds. The first-order valence-corrected chi connectivity index (χ1v) is 11.0. The number of rotatable bonds is 6. The van der Waals surface area contributed by atoms with Crippen LogP contribution in [-0.2, 0) is 16.8 Å². The van der Waals surface area contributed by atoms with E-state index < -0.39 is 0 Å². The normalized spacial score (nSPS) is 17.1. The van der Waals surface area contributed by atoms with Crippen molar-refractivity contribution in [1.82, 2.24) is 4.57 Å². The molecule has 1 N–H and O–H groups in total. The molecule has 1 unspecified atom stereocenters. The molecule has 3 aromatic carbocycles. The highest BCUT2D eigenvalue weighted by atomic mass is 16.3. The minimum atomic E-state index is -0.378. The van der Waals surface area contributed by atoms with E-state index in [2.05, 4.69) is 41.4 Å². The van der Waals surface area contributed by atoms with Crippen molar-refractivity contribution in [3.05, 3.63) is 96.1 Å². The molecule has 0 saturated heterocycles. The van der Waals surface area contributed by atoms with Crippen LogP contribution in [0, 0.1) is 5.92 Å². The number of azo groups is 1. The molecule has 5 heteroatoms. The van der Waals surface area contributed by atoms with E-state index in [9.17, 15) is 9.90 Å². The zero-order valence-electron chi connectivity index (χ0n) is 18.0. The number of nitrogens with zero attached hydrogens (tertiary/aromatic N) is 3. The Kier molecular flexibility index (Phi) is 5.10. The second kappa shape index (κ2) is 8.08. The number of aromatic hydroxyl groups is 1. The Morgan fingerprint density at radius 2 is 1.56 bits per heavy atom. The second-order valence-electron chi connectivity index (χ2n) is 8.34. The number of fused-ring (bicyclic) bond motifs is 1. The third-order valence-corrected chi connectivity index (χ3v) is 6.45. The molecule has 0 aliphatic heterocycles. The Hall–Kier alpha value is -3.73. The van der Waals surface area contributed by atoms with Gasteiger partial charge in [0.2, 0.25) is 5.88 Å². The minimum absolute atomic E-state index is 0.0535. The van der Waals surface area contributed by atoms with Crippen LogP contribution in [0.3, 0.4) is 0 Å². The van der Waals surface area contributed by atoms with Gasteiger partial charge in [0.15, 0.2) is 5.69 Å². The van der Waals surface area contributed by atoms with Gasteiger partial charge in [-0.15, -0.1) is 10.2 Å². The fraction of sp³-hybridized carbons (Fsp3) is 0.222. The molecule has 1 aliphatic rings. The van der Waals surface area contributed by atoms with Crippen molar-refractivity contribution in [3.63, 3.8) is 0 Å². The Labute approximate surface area is 187 Å². The van der Waals surface area contributed by atoms with E-state index in [1.54, 1.807) is 0 Å². The third-order valence-electron chi connectivity index (χ3n) is 6.45. The molecule has 1 heterocycles. The van der Waals surface area contributed by atoms with Crippen LogP contribution in [0.1, 0.15) is 30.9 Å². The Bertz CT molecular complexity index is 1250. The van der Waals surface area contributed by atoms with Crippen LogP contribution in [0.4, 0.5) is 5.69 Å². The summed E-state index contributed by atoms with van der Waals surface area (Å²) in [5.41, 5.74) is 3.09.